The van der Waals surface area contributed by atoms with Crippen molar-refractivity contribution in [3.63, 3.8) is 0 Å². The van der Waals surface area contributed by atoms with Crippen molar-refractivity contribution in [2.24, 2.45) is 0 Å². The van der Waals surface area contributed by atoms with Crippen molar-refractivity contribution in [2.75, 3.05) is 6.67 Å². The van der Waals surface area contributed by atoms with E-state index in [1.807, 2.05) is 6.07 Å². The van der Waals surface area contributed by atoms with E-state index in [4.69, 9.17) is 0 Å². The highest BCUT2D eigenvalue weighted by Gasteiger charge is 2.11. The highest BCUT2D eigenvalue weighted by atomic mass is 19.1. The topological polar surface area (TPSA) is 29.1 Å². The molecule has 0 bridgehead atoms. The molecule has 3 heteroatoms. The van der Waals surface area contributed by atoms with Gasteiger partial charge in [0.2, 0.25) is 5.91 Å². The third kappa shape index (κ3) is 2.69. The van der Waals surface area contributed by atoms with Crippen LogP contribution in [0.2, 0.25) is 0 Å². The fourth-order valence-corrected chi connectivity index (χ4v) is 1.13. The van der Waals surface area contributed by atoms with Gasteiger partial charge in [0, 0.05) is 0 Å². The summed E-state index contributed by atoms with van der Waals surface area (Å²) in [6.07, 6.45) is 1.13. The number of rotatable bonds is 4. The Morgan fingerprint density at radius 3 is 2.64 bits per heavy atom. The third-order valence-electron chi connectivity index (χ3n) is 1.86. The van der Waals surface area contributed by atoms with Crippen molar-refractivity contribution < 1.29 is 9.18 Å². The lowest BCUT2D eigenvalue weighted by Crippen LogP contribution is -2.27. The van der Waals surface area contributed by atoms with Gasteiger partial charge in [-0.3, -0.25) is 4.79 Å². The van der Waals surface area contributed by atoms with Gasteiger partial charge >= 0.3 is 0 Å². The number of amides is 1. The molecule has 1 N–H and O–H groups in total. The summed E-state index contributed by atoms with van der Waals surface area (Å²) in [6, 6.07) is 8.41. The standard InChI is InChI=1S/C11H12FNO/c1-2-11(14)13-10(8-12)9-6-4-3-5-7-9/h2-7,10H,1,8H2,(H,13,14)/t10-/m0/s1. The minimum Gasteiger partial charge on any atom is -0.343 e. The van der Waals surface area contributed by atoms with Gasteiger partial charge in [-0.05, 0) is 11.6 Å². The zero-order chi connectivity index (χ0) is 10.4. The second-order valence-electron chi connectivity index (χ2n) is 2.83. The van der Waals surface area contributed by atoms with Crippen LogP contribution in [0, 0.1) is 0 Å². The molecule has 0 saturated heterocycles. The van der Waals surface area contributed by atoms with Crippen LogP contribution in [0.3, 0.4) is 0 Å². The van der Waals surface area contributed by atoms with Crippen molar-refractivity contribution in [3.8, 4) is 0 Å². The molecule has 2 nitrogen and oxygen atoms in total. The Kier molecular flexibility index (Phi) is 3.85. The molecule has 1 rings (SSSR count). The lowest BCUT2D eigenvalue weighted by molar-refractivity contribution is -0.117. The number of halogens is 1. The largest absolute Gasteiger partial charge is 0.343 e. The van der Waals surface area contributed by atoms with Gasteiger partial charge in [0.05, 0.1) is 6.04 Å². The second kappa shape index (κ2) is 5.17. The molecule has 0 aliphatic carbocycles. The molecular formula is C11H12FNO. The van der Waals surface area contributed by atoms with Crippen LogP contribution < -0.4 is 5.32 Å². The predicted octanol–water partition coefficient (Wildman–Crippen LogP) is 2.00. The van der Waals surface area contributed by atoms with Crippen LogP contribution >= 0.6 is 0 Å². The number of carbonyl (C=O) groups is 1. The Hall–Kier alpha value is -1.64. The second-order valence-corrected chi connectivity index (χ2v) is 2.83. The molecule has 0 aliphatic heterocycles. The Bertz CT molecular complexity index is 310. The number of carbonyl (C=O) groups excluding carboxylic acids is 1. The Morgan fingerprint density at radius 2 is 2.14 bits per heavy atom. The molecule has 0 radical (unpaired) electrons. The van der Waals surface area contributed by atoms with Crippen molar-refractivity contribution in [3.05, 3.63) is 48.6 Å². The maximum absolute atomic E-state index is 12.6. The van der Waals surface area contributed by atoms with Crippen LogP contribution in [-0.4, -0.2) is 12.6 Å². The minimum absolute atomic E-state index is 0.364. The molecule has 0 heterocycles. The van der Waals surface area contributed by atoms with Crippen molar-refractivity contribution >= 4 is 5.91 Å². The minimum atomic E-state index is -0.621. The van der Waals surface area contributed by atoms with Crippen LogP contribution in [0.25, 0.3) is 0 Å². The van der Waals surface area contributed by atoms with E-state index < -0.39 is 12.7 Å². The monoisotopic (exact) mass is 193 g/mol. The summed E-state index contributed by atoms with van der Waals surface area (Å²) in [6.45, 7) is 2.69. The highest BCUT2D eigenvalue weighted by molar-refractivity contribution is 5.87. The van der Waals surface area contributed by atoms with Crippen molar-refractivity contribution in [1.29, 1.82) is 0 Å². The van der Waals surface area contributed by atoms with E-state index in [0.29, 0.717) is 0 Å². The molecule has 14 heavy (non-hydrogen) atoms. The molecule has 0 saturated carbocycles. The van der Waals surface area contributed by atoms with Gasteiger partial charge in [-0.15, -0.1) is 0 Å². The Labute approximate surface area is 82.4 Å². The van der Waals surface area contributed by atoms with E-state index in [1.54, 1.807) is 24.3 Å². The fourth-order valence-electron chi connectivity index (χ4n) is 1.13. The molecule has 1 atom stereocenters. The zero-order valence-electron chi connectivity index (χ0n) is 7.74. The van der Waals surface area contributed by atoms with Crippen molar-refractivity contribution in [2.45, 2.75) is 6.04 Å². The average molecular weight is 193 g/mol. The van der Waals surface area contributed by atoms with E-state index in [-0.39, 0.29) is 5.91 Å². The zero-order valence-corrected chi connectivity index (χ0v) is 7.74. The predicted molar refractivity (Wildman–Crippen MR) is 53.5 cm³/mol. The molecule has 1 amide bonds. The molecular weight excluding hydrogens is 181 g/mol. The van der Waals surface area contributed by atoms with Gasteiger partial charge < -0.3 is 5.32 Å². The van der Waals surface area contributed by atoms with Crippen LogP contribution in [0.1, 0.15) is 11.6 Å². The van der Waals surface area contributed by atoms with Crippen LogP contribution in [-0.2, 0) is 4.79 Å². The Balaban J connectivity index is 2.72. The number of hydrogen-bond donors (Lipinski definition) is 1. The van der Waals surface area contributed by atoms with Crippen molar-refractivity contribution in [1.82, 2.24) is 5.32 Å². The summed E-state index contributed by atoms with van der Waals surface area (Å²) in [5.74, 6) is -0.364. The maximum Gasteiger partial charge on any atom is 0.243 e. The van der Waals surface area contributed by atoms with Crippen LogP contribution in [0.4, 0.5) is 4.39 Å². The molecule has 1 aromatic carbocycles. The van der Waals surface area contributed by atoms with Gasteiger partial charge in [0.25, 0.3) is 0 Å². The summed E-state index contributed by atoms with van der Waals surface area (Å²) < 4.78 is 12.6. The maximum atomic E-state index is 12.6. The van der Waals surface area contributed by atoms with E-state index in [1.165, 1.54) is 0 Å². The lowest BCUT2D eigenvalue weighted by atomic mass is 10.1. The Morgan fingerprint density at radius 1 is 1.50 bits per heavy atom. The number of hydrogen-bond acceptors (Lipinski definition) is 1. The van der Waals surface area contributed by atoms with Gasteiger partial charge in [0.15, 0.2) is 0 Å². The van der Waals surface area contributed by atoms with E-state index in [9.17, 15) is 9.18 Å². The van der Waals surface area contributed by atoms with E-state index in [0.717, 1.165) is 11.6 Å². The quantitative estimate of drug-likeness (QED) is 0.728. The first-order chi connectivity index (χ1) is 6.77. The third-order valence-corrected chi connectivity index (χ3v) is 1.86. The SMILES string of the molecule is C=CC(=O)N[C@@H](CF)c1ccccc1. The first-order valence-corrected chi connectivity index (χ1v) is 4.31. The first-order valence-electron chi connectivity index (χ1n) is 4.31. The molecule has 0 fully saturated rings. The summed E-state index contributed by atoms with van der Waals surface area (Å²) in [5.41, 5.74) is 0.755. The van der Waals surface area contributed by atoms with Crippen LogP contribution in [0.5, 0.6) is 0 Å². The molecule has 0 unspecified atom stereocenters. The van der Waals surface area contributed by atoms with Gasteiger partial charge in [-0.25, -0.2) is 4.39 Å². The normalized spacial score (nSPS) is 11.8. The summed E-state index contributed by atoms with van der Waals surface area (Å²) in [7, 11) is 0. The first kappa shape index (κ1) is 10.4. The smallest absolute Gasteiger partial charge is 0.243 e. The fraction of sp³-hybridized carbons (Fsp3) is 0.182. The molecule has 74 valence electrons. The summed E-state index contributed by atoms with van der Waals surface area (Å²) in [4.78, 5) is 11.0. The van der Waals surface area contributed by atoms with E-state index in [2.05, 4.69) is 11.9 Å². The lowest BCUT2D eigenvalue weighted by Gasteiger charge is -2.14. The highest BCUT2D eigenvalue weighted by Crippen LogP contribution is 2.12. The molecule has 0 spiro atoms. The summed E-state index contributed by atoms with van der Waals surface area (Å²) >= 11 is 0. The number of benzene rings is 1. The molecule has 0 aromatic heterocycles. The van der Waals surface area contributed by atoms with Gasteiger partial charge in [-0.1, -0.05) is 36.9 Å². The van der Waals surface area contributed by atoms with E-state index >= 15 is 0 Å². The van der Waals surface area contributed by atoms with Gasteiger partial charge in [0.1, 0.15) is 6.67 Å². The summed E-state index contributed by atoms with van der Waals surface area (Å²) in [5, 5.41) is 2.50. The molecule has 1 aromatic rings. The average Bonchev–Trinajstić information content (AvgIpc) is 2.26. The van der Waals surface area contributed by atoms with Gasteiger partial charge in [-0.2, -0.15) is 0 Å². The number of nitrogens with one attached hydrogen (secondary N) is 1. The van der Waals surface area contributed by atoms with Crippen LogP contribution in [0.15, 0.2) is 43.0 Å². The number of alkyl halides is 1. The molecule has 0 aliphatic rings.